The van der Waals surface area contributed by atoms with E-state index in [9.17, 15) is 13.6 Å². The van der Waals surface area contributed by atoms with Crippen LogP contribution in [0.3, 0.4) is 0 Å². The van der Waals surface area contributed by atoms with Gasteiger partial charge in [-0.25, -0.2) is 0 Å². The van der Waals surface area contributed by atoms with Crippen LogP contribution in [0.4, 0.5) is 14.5 Å². The normalized spacial score (nSPS) is 10.7. The molecule has 24 heavy (non-hydrogen) atoms. The number of nitrogens with one attached hydrogen (secondary N) is 1. The van der Waals surface area contributed by atoms with Crippen LogP contribution >= 0.6 is 11.8 Å². The van der Waals surface area contributed by atoms with Crippen molar-refractivity contribution in [1.82, 2.24) is 0 Å². The van der Waals surface area contributed by atoms with Crippen LogP contribution in [0.25, 0.3) is 0 Å². The molecule has 6 heteroatoms. The Bertz CT molecular complexity index is 662. The Morgan fingerprint density at radius 3 is 2.62 bits per heavy atom. The maximum absolute atomic E-state index is 12.2. The number of amides is 1. The molecule has 0 saturated carbocycles. The quantitative estimate of drug-likeness (QED) is 0.531. The van der Waals surface area contributed by atoms with Gasteiger partial charge >= 0.3 is 0 Å². The maximum Gasteiger partial charge on any atom is 0.288 e. The number of halogens is 2. The van der Waals surface area contributed by atoms with E-state index in [-0.39, 0.29) is 5.91 Å². The Labute approximate surface area is 144 Å². The summed E-state index contributed by atoms with van der Waals surface area (Å²) in [6.07, 6.45) is 0.929. The molecule has 0 aliphatic carbocycles. The van der Waals surface area contributed by atoms with Gasteiger partial charge in [0.05, 0.1) is 6.61 Å². The van der Waals surface area contributed by atoms with Crippen molar-refractivity contribution in [3.63, 3.8) is 0 Å². The predicted molar refractivity (Wildman–Crippen MR) is 92.8 cm³/mol. The van der Waals surface area contributed by atoms with Crippen LogP contribution < -0.4 is 10.1 Å². The molecule has 0 unspecified atom stereocenters. The van der Waals surface area contributed by atoms with Gasteiger partial charge < -0.3 is 10.1 Å². The van der Waals surface area contributed by atoms with Crippen LogP contribution in [-0.2, 0) is 4.79 Å². The number of ether oxygens (including phenoxy) is 1. The molecule has 0 saturated heterocycles. The minimum absolute atomic E-state index is 0.128. The van der Waals surface area contributed by atoms with Crippen molar-refractivity contribution in [3.8, 4) is 5.75 Å². The van der Waals surface area contributed by atoms with Crippen molar-refractivity contribution in [3.05, 3.63) is 54.1 Å². The van der Waals surface area contributed by atoms with E-state index < -0.39 is 5.76 Å². The minimum Gasteiger partial charge on any atom is -0.494 e. The lowest BCUT2D eigenvalue weighted by atomic mass is 10.2. The Kier molecular flexibility index (Phi) is 7.06. The Hall–Kier alpha value is -2.08. The summed E-state index contributed by atoms with van der Waals surface area (Å²) in [5.41, 5.74) is 1.72. The van der Waals surface area contributed by atoms with Crippen LogP contribution in [0.5, 0.6) is 5.75 Å². The number of thioether (sulfide) groups is 1. The number of hydrogen-bond donors (Lipinski definition) is 1. The number of anilines is 1. The first-order chi connectivity index (χ1) is 11.5. The van der Waals surface area contributed by atoms with Crippen LogP contribution in [0, 0.1) is 6.92 Å². The summed E-state index contributed by atoms with van der Waals surface area (Å²) < 4.78 is 30.0. The molecular weight excluding hydrogens is 332 g/mol. The van der Waals surface area contributed by atoms with Gasteiger partial charge in [-0.3, -0.25) is 4.79 Å². The van der Waals surface area contributed by atoms with Gasteiger partial charge in [0.2, 0.25) is 5.91 Å². The molecule has 0 aliphatic heterocycles. The Morgan fingerprint density at radius 1 is 1.21 bits per heavy atom. The van der Waals surface area contributed by atoms with Crippen LogP contribution in [0.1, 0.15) is 18.4 Å². The summed E-state index contributed by atoms with van der Waals surface area (Å²) >= 11 is 0.479. The molecule has 2 rings (SSSR count). The highest BCUT2D eigenvalue weighted by Crippen LogP contribution is 2.26. The van der Waals surface area contributed by atoms with Crippen molar-refractivity contribution >= 4 is 23.4 Å². The van der Waals surface area contributed by atoms with E-state index in [0.717, 1.165) is 11.3 Å². The minimum atomic E-state index is -2.45. The molecule has 0 aromatic heterocycles. The molecule has 0 bridgehead atoms. The van der Waals surface area contributed by atoms with Crippen LogP contribution in [-0.4, -0.2) is 18.3 Å². The summed E-state index contributed by atoms with van der Waals surface area (Å²) in [6.45, 7) is 2.45. The van der Waals surface area contributed by atoms with Gasteiger partial charge in [-0.05, 0) is 55.3 Å². The second-order valence-electron chi connectivity index (χ2n) is 5.22. The van der Waals surface area contributed by atoms with Crippen molar-refractivity contribution in [2.24, 2.45) is 0 Å². The molecule has 0 fully saturated rings. The molecule has 2 aromatic carbocycles. The molecule has 0 atom stereocenters. The van der Waals surface area contributed by atoms with E-state index in [1.54, 1.807) is 24.3 Å². The molecule has 2 aromatic rings. The van der Waals surface area contributed by atoms with E-state index in [1.165, 1.54) is 0 Å². The van der Waals surface area contributed by atoms with E-state index >= 15 is 0 Å². The Morgan fingerprint density at radius 2 is 1.96 bits per heavy atom. The molecule has 3 nitrogen and oxygen atoms in total. The van der Waals surface area contributed by atoms with Gasteiger partial charge in [-0.2, -0.15) is 8.78 Å². The predicted octanol–water partition coefficient (Wildman–Crippen LogP) is 5.11. The first kappa shape index (κ1) is 18.3. The van der Waals surface area contributed by atoms with Gasteiger partial charge in [-0.15, -0.1) is 0 Å². The van der Waals surface area contributed by atoms with Gasteiger partial charge in [0.15, 0.2) is 0 Å². The number of aryl methyl sites for hydroxylation is 1. The molecular formula is C18H19F2NO2S. The van der Waals surface area contributed by atoms with Gasteiger partial charge in [0.1, 0.15) is 5.75 Å². The monoisotopic (exact) mass is 351 g/mol. The first-order valence-electron chi connectivity index (χ1n) is 7.57. The third-order valence-electron chi connectivity index (χ3n) is 3.17. The highest BCUT2D eigenvalue weighted by molar-refractivity contribution is 7.99. The lowest BCUT2D eigenvalue weighted by Crippen LogP contribution is -2.12. The van der Waals surface area contributed by atoms with Crippen molar-refractivity contribution in [2.45, 2.75) is 30.4 Å². The summed E-state index contributed by atoms with van der Waals surface area (Å²) in [5, 5.41) is 2.74. The lowest BCUT2D eigenvalue weighted by molar-refractivity contribution is -0.116. The number of carbonyl (C=O) groups excluding carboxylic acids is 1. The fraction of sp³-hybridized carbons (Fsp3) is 0.278. The number of carbonyl (C=O) groups is 1. The number of alkyl halides is 2. The summed E-state index contributed by atoms with van der Waals surface area (Å²) in [4.78, 5) is 12.3. The molecule has 0 aliphatic rings. The Balaban J connectivity index is 1.69. The maximum atomic E-state index is 12.2. The third kappa shape index (κ3) is 6.58. The van der Waals surface area contributed by atoms with E-state index in [4.69, 9.17) is 4.74 Å². The summed E-state index contributed by atoms with van der Waals surface area (Å²) in [7, 11) is 0. The largest absolute Gasteiger partial charge is 0.494 e. The van der Waals surface area contributed by atoms with Gasteiger partial charge in [0, 0.05) is 17.0 Å². The van der Waals surface area contributed by atoms with E-state index in [1.807, 2.05) is 31.2 Å². The second-order valence-corrected chi connectivity index (χ2v) is 6.28. The SMILES string of the molecule is Cc1cccc(OCCCC(=O)Nc2ccc(SC(F)F)cc2)c1. The van der Waals surface area contributed by atoms with Crippen molar-refractivity contribution in [2.75, 3.05) is 11.9 Å². The molecule has 128 valence electrons. The average Bonchev–Trinajstić information content (AvgIpc) is 2.53. The zero-order valence-electron chi connectivity index (χ0n) is 13.3. The third-order valence-corrected chi connectivity index (χ3v) is 3.89. The molecule has 0 radical (unpaired) electrons. The highest BCUT2D eigenvalue weighted by atomic mass is 32.2. The highest BCUT2D eigenvalue weighted by Gasteiger charge is 2.06. The van der Waals surface area contributed by atoms with Crippen LogP contribution in [0.15, 0.2) is 53.4 Å². The summed E-state index contributed by atoms with van der Waals surface area (Å²) in [5.74, 6) is -1.78. The second kappa shape index (κ2) is 9.27. The standard InChI is InChI=1S/C18H19F2NO2S/c1-13-4-2-5-15(12-13)23-11-3-6-17(22)21-14-7-9-16(10-8-14)24-18(19)20/h2,4-5,7-10,12,18H,3,6,11H2,1H3,(H,21,22). The number of benzene rings is 2. The molecule has 0 spiro atoms. The van der Waals surface area contributed by atoms with Crippen molar-refractivity contribution < 1.29 is 18.3 Å². The molecule has 0 heterocycles. The summed E-state index contributed by atoms with van der Waals surface area (Å²) in [6, 6.07) is 14.1. The fourth-order valence-electron chi connectivity index (χ4n) is 2.07. The molecule has 1 amide bonds. The zero-order valence-corrected chi connectivity index (χ0v) is 14.1. The lowest BCUT2D eigenvalue weighted by Gasteiger charge is -2.08. The number of rotatable bonds is 8. The van der Waals surface area contributed by atoms with Crippen LogP contribution in [0.2, 0.25) is 0 Å². The fourth-order valence-corrected chi connectivity index (χ4v) is 2.57. The zero-order chi connectivity index (χ0) is 17.4. The van der Waals surface area contributed by atoms with E-state index in [2.05, 4.69) is 5.32 Å². The first-order valence-corrected chi connectivity index (χ1v) is 8.45. The average molecular weight is 351 g/mol. The molecule has 1 N–H and O–H groups in total. The van der Waals surface area contributed by atoms with E-state index in [0.29, 0.717) is 41.8 Å². The number of hydrogen-bond acceptors (Lipinski definition) is 3. The van der Waals surface area contributed by atoms with Gasteiger partial charge in [0.25, 0.3) is 5.76 Å². The van der Waals surface area contributed by atoms with Gasteiger partial charge in [-0.1, -0.05) is 23.9 Å². The smallest absolute Gasteiger partial charge is 0.288 e. The topological polar surface area (TPSA) is 38.3 Å². The van der Waals surface area contributed by atoms with Crippen molar-refractivity contribution in [1.29, 1.82) is 0 Å².